The lowest BCUT2D eigenvalue weighted by atomic mass is 10.1. The van der Waals surface area contributed by atoms with E-state index in [-0.39, 0.29) is 5.91 Å². The summed E-state index contributed by atoms with van der Waals surface area (Å²) in [6.45, 7) is 1.72. The summed E-state index contributed by atoms with van der Waals surface area (Å²) >= 11 is 0. The summed E-state index contributed by atoms with van der Waals surface area (Å²) in [4.78, 5) is 23.4. The summed E-state index contributed by atoms with van der Waals surface area (Å²) in [5.41, 5.74) is 2.70. The quantitative estimate of drug-likeness (QED) is 0.813. The van der Waals surface area contributed by atoms with Gasteiger partial charge in [0.1, 0.15) is 5.75 Å². The molecule has 0 aromatic heterocycles. The molecule has 26 heavy (non-hydrogen) atoms. The molecule has 1 amide bonds. The molecule has 1 aliphatic heterocycles. The van der Waals surface area contributed by atoms with E-state index in [4.69, 9.17) is 9.84 Å². The van der Waals surface area contributed by atoms with E-state index in [9.17, 15) is 9.59 Å². The molecule has 0 spiro atoms. The van der Waals surface area contributed by atoms with Crippen LogP contribution >= 0.6 is 0 Å². The van der Waals surface area contributed by atoms with Gasteiger partial charge < -0.3 is 9.84 Å². The highest BCUT2D eigenvalue weighted by Crippen LogP contribution is 2.25. The maximum absolute atomic E-state index is 12.7. The number of rotatable bonds is 6. The Kier molecular flexibility index (Phi) is 5.12. The normalized spacial score (nSPS) is 15.3. The lowest BCUT2D eigenvalue weighted by molar-refractivity contribution is -0.139. The number of benzene rings is 2. The largest absolute Gasteiger partial charge is 0.481 e. The van der Waals surface area contributed by atoms with Gasteiger partial charge in [0.15, 0.2) is 6.61 Å². The van der Waals surface area contributed by atoms with Gasteiger partial charge in [-0.15, -0.1) is 0 Å². The van der Waals surface area contributed by atoms with Crippen LogP contribution in [0.25, 0.3) is 6.08 Å². The molecule has 2 aromatic carbocycles. The van der Waals surface area contributed by atoms with Crippen molar-refractivity contribution in [1.29, 1.82) is 0 Å². The molecule has 3 rings (SSSR count). The molecular formula is C20H18N2O4. The molecule has 2 aromatic rings. The molecule has 0 saturated carbocycles. The molecule has 1 aliphatic rings. The number of carbonyl (C=O) groups is 2. The minimum Gasteiger partial charge on any atom is -0.481 e. The second kappa shape index (κ2) is 7.65. The van der Waals surface area contributed by atoms with Crippen molar-refractivity contribution in [1.82, 2.24) is 5.01 Å². The van der Waals surface area contributed by atoms with E-state index in [1.165, 1.54) is 5.01 Å². The SMILES string of the molecule is CC1=NN(Cc2ccccc2)C(=O)C1=Cc1ccccc1OCC(=O)O. The molecule has 0 unspecified atom stereocenters. The topological polar surface area (TPSA) is 79.2 Å². The van der Waals surface area contributed by atoms with Crippen LogP contribution in [0.5, 0.6) is 5.75 Å². The van der Waals surface area contributed by atoms with Crippen molar-refractivity contribution >= 4 is 23.7 Å². The minimum absolute atomic E-state index is 0.195. The van der Waals surface area contributed by atoms with Crippen LogP contribution < -0.4 is 4.74 Å². The third kappa shape index (κ3) is 3.97. The Hall–Kier alpha value is -3.41. The van der Waals surface area contributed by atoms with Gasteiger partial charge in [-0.2, -0.15) is 5.10 Å². The third-order valence-corrected chi connectivity index (χ3v) is 3.87. The molecular weight excluding hydrogens is 332 g/mol. The maximum Gasteiger partial charge on any atom is 0.341 e. The molecule has 0 fully saturated rings. The fraction of sp³-hybridized carbons (Fsp3) is 0.150. The number of carboxylic acid groups (broad SMARTS) is 1. The van der Waals surface area contributed by atoms with Gasteiger partial charge in [0.25, 0.3) is 5.91 Å². The molecule has 0 aliphatic carbocycles. The fourth-order valence-corrected chi connectivity index (χ4v) is 2.63. The van der Waals surface area contributed by atoms with Gasteiger partial charge in [-0.05, 0) is 24.6 Å². The second-order valence-electron chi connectivity index (χ2n) is 5.81. The summed E-state index contributed by atoms with van der Waals surface area (Å²) in [5.74, 6) is -0.847. The van der Waals surface area contributed by atoms with E-state index in [2.05, 4.69) is 5.10 Å². The average Bonchev–Trinajstić information content (AvgIpc) is 2.89. The zero-order chi connectivity index (χ0) is 18.5. The highest BCUT2D eigenvalue weighted by molar-refractivity contribution is 6.26. The van der Waals surface area contributed by atoms with Crippen LogP contribution in [-0.2, 0) is 16.1 Å². The molecule has 132 valence electrons. The van der Waals surface area contributed by atoms with Gasteiger partial charge >= 0.3 is 5.97 Å². The van der Waals surface area contributed by atoms with E-state index >= 15 is 0 Å². The number of carbonyl (C=O) groups excluding carboxylic acids is 1. The molecule has 0 atom stereocenters. The van der Waals surface area contributed by atoms with E-state index in [1.54, 1.807) is 37.3 Å². The average molecular weight is 350 g/mol. The van der Waals surface area contributed by atoms with Crippen LogP contribution in [0.3, 0.4) is 0 Å². The van der Waals surface area contributed by atoms with Crippen LogP contribution in [0.4, 0.5) is 0 Å². The van der Waals surface area contributed by atoms with Gasteiger partial charge in [0.2, 0.25) is 0 Å². The minimum atomic E-state index is -1.06. The van der Waals surface area contributed by atoms with Crippen molar-refractivity contribution < 1.29 is 19.4 Å². The molecule has 0 saturated heterocycles. The Morgan fingerprint density at radius 2 is 1.85 bits per heavy atom. The number of hydrazone groups is 1. The number of hydrogen-bond donors (Lipinski definition) is 1. The number of para-hydroxylation sites is 1. The Labute approximate surface area is 151 Å². The number of amides is 1. The first-order valence-electron chi connectivity index (χ1n) is 8.11. The van der Waals surface area contributed by atoms with Crippen molar-refractivity contribution in [3.05, 3.63) is 71.3 Å². The number of hydrogen-bond acceptors (Lipinski definition) is 4. The van der Waals surface area contributed by atoms with Crippen LogP contribution in [0, 0.1) is 0 Å². The first-order valence-corrected chi connectivity index (χ1v) is 8.11. The number of carboxylic acids is 1. The molecule has 1 heterocycles. The van der Waals surface area contributed by atoms with Crippen molar-refractivity contribution in [2.45, 2.75) is 13.5 Å². The Morgan fingerprint density at radius 3 is 2.58 bits per heavy atom. The van der Waals surface area contributed by atoms with Crippen LogP contribution in [0.2, 0.25) is 0 Å². The summed E-state index contributed by atoms with van der Waals surface area (Å²) in [6, 6.07) is 16.6. The maximum atomic E-state index is 12.7. The Balaban J connectivity index is 1.83. The highest BCUT2D eigenvalue weighted by atomic mass is 16.5. The van der Waals surface area contributed by atoms with Crippen LogP contribution in [0.15, 0.2) is 65.3 Å². The van der Waals surface area contributed by atoms with Gasteiger partial charge in [-0.25, -0.2) is 9.80 Å². The molecule has 0 radical (unpaired) electrons. The van der Waals surface area contributed by atoms with Gasteiger partial charge in [-0.1, -0.05) is 48.5 Å². The van der Waals surface area contributed by atoms with E-state index in [0.717, 1.165) is 5.56 Å². The standard InChI is InChI=1S/C20H18N2O4/c1-14-17(11-16-9-5-6-10-18(16)26-13-19(23)24)20(25)22(21-14)12-15-7-3-2-4-8-15/h2-11H,12-13H2,1H3,(H,23,24). The summed E-state index contributed by atoms with van der Waals surface area (Å²) in [5, 5.41) is 14.6. The highest BCUT2D eigenvalue weighted by Gasteiger charge is 2.27. The zero-order valence-electron chi connectivity index (χ0n) is 14.3. The molecule has 6 heteroatoms. The van der Waals surface area contributed by atoms with Crippen molar-refractivity contribution in [2.75, 3.05) is 6.61 Å². The van der Waals surface area contributed by atoms with E-state index in [0.29, 0.717) is 29.1 Å². The lowest BCUT2D eigenvalue weighted by Crippen LogP contribution is -2.21. The first kappa shape index (κ1) is 17.4. The van der Waals surface area contributed by atoms with Gasteiger partial charge in [0, 0.05) is 5.56 Å². The number of ether oxygens (including phenoxy) is 1. The van der Waals surface area contributed by atoms with Gasteiger partial charge in [-0.3, -0.25) is 4.79 Å². The van der Waals surface area contributed by atoms with Crippen molar-refractivity contribution in [2.24, 2.45) is 5.10 Å². The van der Waals surface area contributed by atoms with E-state index in [1.807, 2.05) is 30.3 Å². The Bertz CT molecular complexity index is 888. The monoisotopic (exact) mass is 350 g/mol. The predicted molar refractivity (Wildman–Crippen MR) is 97.7 cm³/mol. The van der Waals surface area contributed by atoms with Crippen LogP contribution in [-0.4, -0.2) is 34.3 Å². The van der Waals surface area contributed by atoms with Crippen molar-refractivity contribution in [3.63, 3.8) is 0 Å². The second-order valence-corrected chi connectivity index (χ2v) is 5.81. The summed E-state index contributed by atoms with van der Waals surface area (Å²) in [6.07, 6.45) is 1.68. The molecule has 0 bridgehead atoms. The molecule has 1 N–H and O–H groups in total. The number of nitrogens with zero attached hydrogens (tertiary/aromatic N) is 2. The predicted octanol–water partition coefficient (Wildman–Crippen LogP) is 2.95. The first-order chi connectivity index (χ1) is 12.5. The summed E-state index contributed by atoms with van der Waals surface area (Å²) < 4.78 is 5.29. The third-order valence-electron chi connectivity index (χ3n) is 3.87. The smallest absolute Gasteiger partial charge is 0.341 e. The Morgan fingerprint density at radius 1 is 1.15 bits per heavy atom. The lowest BCUT2D eigenvalue weighted by Gasteiger charge is -2.12. The zero-order valence-corrected chi connectivity index (χ0v) is 14.3. The fourth-order valence-electron chi connectivity index (χ4n) is 2.63. The van der Waals surface area contributed by atoms with Crippen LogP contribution in [0.1, 0.15) is 18.1 Å². The number of aliphatic carboxylic acids is 1. The summed E-state index contributed by atoms with van der Waals surface area (Å²) in [7, 11) is 0. The van der Waals surface area contributed by atoms with E-state index < -0.39 is 12.6 Å². The molecule has 6 nitrogen and oxygen atoms in total. The van der Waals surface area contributed by atoms with Gasteiger partial charge in [0.05, 0.1) is 17.8 Å². The van der Waals surface area contributed by atoms with Crippen molar-refractivity contribution in [3.8, 4) is 5.75 Å².